The minimum atomic E-state index is -0.480. The summed E-state index contributed by atoms with van der Waals surface area (Å²) in [7, 11) is 0. The van der Waals surface area contributed by atoms with Crippen LogP contribution in [0, 0.1) is 6.92 Å². The molecule has 1 aliphatic heterocycles. The van der Waals surface area contributed by atoms with Crippen molar-refractivity contribution in [1.29, 1.82) is 0 Å². The molecule has 2 rings (SSSR count). The number of hydrogen-bond donors (Lipinski definition) is 1. The second-order valence-electron chi connectivity index (χ2n) is 7.40. The Balaban J connectivity index is 2.05. The number of likely N-dealkylation sites (tertiary alicyclic amines) is 1. The highest BCUT2D eigenvalue weighted by atomic mass is 16.5. The lowest BCUT2D eigenvalue weighted by Gasteiger charge is -2.23. The standard InChI is InChI=1S/C21H30N2O4/c1-15(2)27-21(26)13-18(17-10-8-16(3)9-11-17)22-19(24)14-23-12-6-4-5-7-20(23)25/h8-11,15,18H,4-7,12-14H2,1-3H3,(H,22,24). The van der Waals surface area contributed by atoms with Crippen LogP contribution in [-0.2, 0) is 19.1 Å². The Morgan fingerprint density at radius 3 is 2.52 bits per heavy atom. The molecule has 27 heavy (non-hydrogen) atoms. The molecule has 1 aromatic rings. The van der Waals surface area contributed by atoms with Crippen molar-refractivity contribution >= 4 is 17.8 Å². The van der Waals surface area contributed by atoms with Crippen LogP contribution in [0.15, 0.2) is 24.3 Å². The van der Waals surface area contributed by atoms with E-state index in [2.05, 4.69) is 5.32 Å². The van der Waals surface area contributed by atoms with Crippen LogP contribution in [0.3, 0.4) is 0 Å². The fourth-order valence-corrected chi connectivity index (χ4v) is 3.15. The zero-order chi connectivity index (χ0) is 19.8. The van der Waals surface area contributed by atoms with Gasteiger partial charge in [0.25, 0.3) is 0 Å². The van der Waals surface area contributed by atoms with Crippen molar-refractivity contribution in [3.63, 3.8) is 0 Å². The largest absolute Gasteiger partial charge is 0.463 e. The van der Waals surface area contributed by atoms with Crippen LogP contribution < -0.4 is 5.32 Å². The molecule has 6 heteroatoms. The summed E-state index contributed by atoms with van der Waals surface area (Å²) in [4.78, 5) is 38.4. The minimum absolute atomic E-state index is 0.0220. The van der Waals surface area contributed by atoms with E-state index in [1.807, 2.05) is 31.2 Å². The van der Waals surface area contributed by atoms with Gasteiger partial charge in [-0.1, -0.05) is 36.2 Å². The number of benzene rings is 1. The molecule has 0 radical (unpaired) electrons. The summed E-state index contributed by atoms with van der Waals surface area (Å²) in [5.41, 5.74) is 1.94. The Morgan fingerprint density at radius 2 is 1.85 bits per heavy atom. The minimum Gasteiger partial charge on any atom is -0.463 e. The van der Waals surface area contributed by atoms with Crippen molar-refractivity contribution in [3.8, 4) is 0 Å². The zero-order valence-electron chi connectivity index (χ0n) is 16.5. The molecule has 0 spiro atoms. The molecule has 1 heterocycles. The van der Waals surface area contributed by atoms with Gasteiger partial charge in [-0.3, -0.25) is 14.4 Å². The van der Waals surface area contributed by atoms with E-state index in [0.717, 1.165) is 30.4 Å². The highest BCUT2D eigenvalue weighted by Crippen LogP contribution is 2.19. The Bertz CT molecular complexity index is 655. The number of carbonyl (C=O) groups is 3. The predicted molar refractivity (Wildman–Crippen MR) is 103 cm³/mol. The van der Waals surface area contributed by atoms with Gasteiger partial charge in [0.2, 0.25) is 11.8 Å². The van der Waals surface area contributed by atoms with Gasteiger partial charge >= 0.3 is 5.97 Å². The molecule has 6 nitrogen and oxygen atoms in total. The molecule has 0 bridgehead atoms. The van der Waals surface area contributed by atoms with E-state index in [1.165, 1.54) is 0 Å². The summed E-state index contributed by atoms with van der Waals surface area (Å²) >= 11 is 0. The SMILES string of the molecule is Cc1ccc(C(CC(=O)OC(C)C)NC(=O)CN2CCCCCC2=O)cc1. The van der Waals surface area contributed by atoms with E-state index in [-0.39, 0.29) is 36.9 Å². The first-order valence-electron chi connectivity index (χ1n) is 9.68. The van der Waals surface area contributed by atoms with Gasteiger partial charge in [0.15, 0.2) is 0 Å². The number of aryl methyl sites for hydroxylation is 1. The molecule has 1 aromatic carbocycles. The van der Waals surface area contributed by atoms with E-state index in [0.29, 0.717) is 13.0 Å². The van der Waals surface area contributed by atoms with Crippen molar-refractivity contribution in [3.05, 3.63) is 35.4 Å². The number of nitrogens with one attached hydrogen (secondary N) is 1. The average molecular weight is 374 g/mol. The molecule has 1 N–H and O–H groups in total. The Morgan fingerprint density at radius 1 is 1.15 bits per heavy atom. The van der Waals surface area contributed by atoms with Crippen molar-refractivity contribution in [2.45, 2.75) is 65.0 Å². The number of hydrogen-bond acceptors (Lipinski definition) is 4. The number of carbonyl (C=O) groups excluding carboxylic acids is 3. The van der Waals surface area contributed by atoms with E-state index >= 15 is 0 Å². The quantitative estimate of drug-likeness (QED) is 0.745. The van der Waals surface area contributed by atoms with Gasteiger partial charge in [-0.05, 0) is 39.2 Å². The van der Waals surface area contributed by atoms with Gasteiger partial charge in [0.05, 0.1) is 25.1 Å². The van der Waals surface area contributed by atoms with Crippen LogP contribution in [0.5, 0.6) is 0 Å². The van der Waals surface area contributed by atoms with Crippen molar-refractivity contribution in [1.82, 2.24) is 10.2 Å². The van der Waals surface area contributed by atoms with Gasteiger partial charge in [-0.15, -0.1) is 0 Å². The third kappa shape index (κ3) is 7.04. The third-order valence-corrected chi connectivity index (χ3v) is 4.56. The highest BCUT2D eigenvalue weighted by molar-refractivity contribution is 5.85. The molecule has 1 unspecified atom stereocenters. The molecule has 0 saturated carbocycles. The fourth-order valence-electron chi connectivity index (χ4n) is 3.15. The summed E-state index contributed by atoms with van der Waals surface area (Å²) in [6.45, 7) is 6.21. The molecule has 0 aliphatic carbocycles. The van der Waals surface area contributed by atoms with Gasteiger partial charge in [-0.2, -0.15) is 0 Å². The van der Waals surface area contributed by atoms with E-state index < -0.39 is 6.04 Å². The van der Waals surface area contributed by atoms with E-state index in [1.54, 1.807) is 18.7 Å². The third-order valence-electron chi connectivity index (χ3n) is 4.56. The van der Waals surface area contributed by atoms with Crippen LogP contribution in [-0.4, -0.2) is 41.9 Å². The number of nitrogens with zero attached hydrogens (tertiary/aromatic N) is 1. The lowest BCUT2D eigenvalue weighted by Crippen LogP contribution is -2.42. The molecule has 0 aromatic heterocycles. The van der Waals surface area contributed by atoms with Gasteiger partial charge in [0, 0.05) is 13.0 Å². The van der Waals surface area contributed by atoms with E-state index in [9.17, 15) is 14.4 Å². The molecule has 1 fully saturated rings. The van der Waals surface area contributed by atoms with Gasteiger partial charge < -0.3 is 15.0 Å². The van der Waals surface area contributed by atoms with Gasteiger partial charge in [-0.25, -0.2) is 0 Å². The summed E-state index contributed by atoms with van der Waals surface area (Å²) < 4.78 is 5.24. The fraction of sp³-hybridized carbons (Fsp3) is 0.571. The molecular weight excluding hydrogens is 344 g/mol. The molecular formula is C21H30N2O4. The molecule has 2 amide bonds. The zero-order valence-corrected chi connectivity index (χ0v) is 16.5. The molecule has 1 aliphatic rings. The Kier molecular flexibility index (Phi) is 7.82. The van der Waals surface area contributed by atoms with Crippen LogP contribution in [0.1, 0.15) is 63.1 Å². The number of esters is 1. The first kappa shape index (κ1) is 20.9. The lowest BCUT2D eigenvalue weighted by atomic mass is 10.0. The number of ether oxygens (including phenoxy) is 1. The molecule has 1 saturated heterocycles. The molecule has 148 valence electrons. The summed E-state index contributed by atoms with van der Waals surface area (Å²) in [5, 5.41) is 2.91. The summed E-state index contributed by atoms with van der Waals surface area (Å²) in [6.07, 6.45) is 3.15. The van der Waals surface area contributed by atoms with Crippen LogP contribution >= 0.6 is 0 Å². The summed E-state index contributed by atoms with van der Waals surface area (Å²) in [5.74, 6) is -0.594. The maximum Gasteiger partial charge on any atom is 0.308 e. The van der Waals surface area contributed by atoms with Crippen molar-refractivity contribution in [2.75, 3.05) is 13.1 Å². The smallest absolute Gasteiger partial charge is 0.308 e. The van der Waals surface area contributed by atoms with Gasteiger partial charge in [0.1, 0.15) is 0 Å². The number of rotatable bonds is 7. The highest BCUT2D eigenvalue weighted by Gasteiger charge is 2.23. The second kappa shape index (κ2) is 10.1. The normalized spacial score (nSPS) is 16.0. The maximum atomic E-state index is 12.6. The van der Waals surface area contributed by atoms with Crippen molar-refractivity contribution < 1.29 is 19.1 Å². The second-order valence-corrected chi connectivity index (χ2v) is 7.40. The first-order valence-corrected chi connectivity index (χ1v) is 9.68. The first-order chi connectivity index (χ1) is 12.8. The van der Waals surface area contributed by atoms with Crippen molar-refractivity contribution in [2.24, 2.45) is 0 Å². The number of amides is 2. The monoisotopic (exact) mass is 374 g/mol. The Labute approximate surface area is 161 Å². The predicted octanol–water partition coefficient (Wildman–Crippen LogP) is 2.90. The van der Waals surface area contributed by atoms with E-state index in [4.69, 9.17) is 4.74 Å². The lowest BCUT2D eigenvalue weighted by molar-refractivity contribution is -0.148. The van der Waals surface area contributed by atoms with Crippen LogP contribution in [0.25, 0.3) is 0 Å². The average Bonchev–Trinajstić information content (AvgIpc) is 2.79. The van der Waals surface area contributed by atoms with Crippen LogP contribution in [0.2, 0.25) is 0 Å². The van der Waals surface area contributed by atoms with Crippen LogP contribution in [0.4, 0.5) is 0 Å². The maximum absolute atomic E-state index is 12.6. The summed E-state index contributed by atoms with van der Waals surface area (Å²) in [6, 6.07) is 7.22. The Hall–Kier alpha value is -2.37. The topological polar surface area (TPSA) is 75.7 Å². The molecule has 1 atom stereocenters.